The number of hydrogen-bond donors (Lipinski definition) is 1. The highest BCUT2D eigenvalue weighted by Crippen LogP contribution is 1.94. The Bertz CT molecular complexity index is 548. The number of rotatable bonds is 4. The molecular formula is C12H17N3O2. The van der Waals surface area contributed by atoms with Crippen molar-refractivity contribution in [2.24, 2.45) is 14.1 Å². The van der Waals surface area contributed by atoms with E-state index < -0.39 is 0 Å². The third-order valence-corrected chi connectivity index (χ3v) is 2.76. The highest BCUT2D eigenvalue weighted by Gasteiger charge is 2.07. The van der Waals surface area contributed by atoms with E-state index in [1.165, 1.54) is 17.7 Å². The number of nitrogens with zero attached hydrogens (tertiary/aromatic N) is 2. The summed E-state index contributed by atoms with van der Waals surface area (Å²) in [6, 6.07) is 1.40. The first-order valence-electron chi connectivity index (χ1n) is 5.46. The van der Waals surface area contributed by atoms with E-state index in [2.05, 4.69) is 11.2 Å². The standard InChI is InChI=1S/C12H17N3O2/c1-5-9(6-2)13-8-10-7-11(16)15(4)12(17)14(10)3/h1,7,9,13H,6,8H2,2-4H3. The van der Waals surface area contributed by atoms with Crippen LogP contribution in [0.2, 0.25) is 0 Å². The monoisotopic (exact) mass is 235 g/mol. The van der Waals surface area contributed by atoms with Crippen LogP contribution in [0.3, 0.4) is 0 Å². The summed E-state index contributed by atoms with van der Waals surface area (Å²) in [6.07, 6.45) is 6.12. The Morgan fingerprint density at radius 3 is 2.59 bits per heavy atom. The van der Waals surface area contributed by atoms with Gasteiger partial charge >= 0.3 is 5.69 Å². The van der Waals surface area contributed by atoms with Crippen molar-refractivity contribution in [1.82, 2.24) is 14.5 Å². The van der Waals surface area contributed by atoms with E-state index in [0.717, 1.165) is 11.0 Å². The fourth-order valence-corrected chi connectivity index (χ4v) is 1.50. The van der Waals surface area contributed by atoms with Crippen molar-refractivity contribution in [3.05, 3.63) is 32.6 Å². The molecule has 5 heteroatoms. The molecule has 0 aliphatic rings. The van der Waals surface area contributed by atoms with Crippen molar-refractivity contribution in [2.75, 3.05) is 0 Å². The van der Waals surface area contributed by atoms with E-state index in [-0.39, 0.29) is 17.3 Å². The summed E-state index contributed by atoms with van der Waals surface area (Å²) < 4.78 is 2.51. The molecule has 0 saturated heterocycles. The first-order chi connectivity index (χ1) is 8.01. The molecule has 0 spiro atoms. The Morgan fingerprint density at radius 2 is 2.06 bits per heavy atom. The molecule has 1 aromatic rings. The van der Waals surface area contributed by atoms with Crippen LogP contribution in [0.15, 0.2) is 15.7 Å². The molecule has 1 unspecified atom stereocenters. The van der Waals surface area contributed by atoms with Gasteiger partial charge in [-0.05, 0) is 6.42 Å². The molecule has 5 nitrogen and oxygen atoms in total. The third-order valence-electron chi connectivity index (χ3n) is 2.76. The minimum Gasteiger partial charge on any atom is -0.299 e. The predicted octanol–water partition coefficient (Wildman–Crippen LogP) is -0.415. The lowest BCUT2D eigenvalue weighted by Gasteiger charge is -2.13. The zero-order valence-electron chi connectivity index (χ0n) is 10.4. The third kappa shape index (κ3) is 2.86. The maximum atomic E-state index is 11.7. The second kappa shape index (κ2) is 5.51. The van der Waals surface area contributed by atoms with E-state index in [1.54, 1.807) is 7.05 Å². The average molecular weight is 235 g/mol. The van der Waals surface area contributed by atoms with Crippen LogP contribution >= 0.6 is 0 Å². The lowest BCUT2D eigenvalue weighted by Crippen LogP contribution is -2.39. The van der Waals surface area contributed by atoms with Gasteiger partial charge in [0.1, 0.15) is 0 Å². The van der Waals surface area contributed by atoms with Gasteiger partial charge in [-0.2, -0.15) is 0 Å². The minimum absolute atomic E-state index is 0.0471. The van der Waals surface area contributed by atoms with Crippen LogP contribution < -0.4 is 16.6 Å². The molecule has 0 aliphatic heterocycles. The second-order valence-electron chi connectivity index (χ2n) is 3.88. The Morgan fingerprint density at radius 1 is 1.41 bits per heavy atom. The van der Waals surface area contributed by atoms with Crippen LogP contribution in [0.1, 0.15) is 19.0 Å². The Hall–Kier alpha value is -1.80. The molecule has 0 bridgehead atoms. The van der Waals surface area contributed by atoms with Crippen molar-refractivity contribution in [1.29, 1.82) is 0 Å². The first kappa shape index (κ1) is 13.3. The molecule has 1 N–H and O–H groups in total. The lowest BCUT2D eigenvalue weighted by atomic mass is 10.2. The summed E-state index contributed by atoms with van der Waals surface area (Å²) in [7, 11) is 3.09. The summed E-state index contributed by atoms with van der Waals surface area (Å²) in [6.45, 7) is 2.38. The highest BCUT2D eigenvalue weighted by atomic mass is 16.2. The molecule has 1 heterocycles. The molecule has 0 amide bonds. The zero-order valence-corrected chi connectivity index (χ0v) is 10.4. The summed E-state index contributed by atoms with van der Waals surface area (Å²) in [4.78, 5) is 23.1. The quantitative estimate of drug-likeness (QED) is 0.722. The van der Waals surface area contributed by atoms with Gasteiger partial charge in [0.05, 0.1) is 6.04 Å². The van der Waals surface area contributed by atoms with Crippen molar-refractivity contribution in [3.8, 4) is 12.3 Å². The first-order valence-corrected chi connectivity index (χ1v) is 5.46. The van der Waals surface area contributed by atoms with Crippen molar-refractivity contribution in [2.45, 2.75) is 25.9 Å². The number of nitrogens with one attached hydrogen (secondary N) is 1. The maximum Gasteiger partial charge on any atom is 0.330 e. The molecule has 0 radical (unpaired) electrons. The van der Waals surface area contributed by atoms with Gasteiger partial charge in [-0.25, -0.2) is 4.79 Å². The Kier molecular flexibility index (Phi) is 4.30. The van der Waals surface area contributed by atoms with E-state index in [1.807, 2.05) is 6.92 Å². The van der Waals surface area contributed by atoms with Gasteiger partial charge in [-0.3, -0.25) is 19.2 Å². The fourth-order valence-electron chi connectivity index (χ4n) is 1.50. The normalized spacial score (nSPS) is 12.1. The van der Waals surface area contributed by atoms with E-state index in [0.29, 0.717) is 12.2 Å². The molecule has 0 aliphatic carbocycles. The van der Waals surface area contributed by atoms with Crippen LogP contribution in [-0.4, -0.2) is 15.2 Å². The highest BCUT2D eigenvalue weighted by molar-refractivity contribution is 5.04. The predicted molar refractivity (Wildman–Crippen MR) is 66.7 cm³/mol. The summed E-state index contributed by atoms with van der Waals surface area (Å²) in [5.74, 6) is 2.60. The van der Waals surface area contributed by atoms with Gasteiger partial charge in [0, 0.05) is 32.4 Å². The Labute approximate surface area is 100 Å². The van der Waals surface area contributed by atoms with Crippen LogP contribution in [0.4, 0.5) is 0 Å². The summed E-state index contributed by atoms with van der Waals surface area (Å²) >= 11 is 0. The fraction of sp³-hybridized carbons (Fsp3) is 0.500. The minimum atomic E-state index is -0.331. The molecule has 1 aromatic heterocycles. The van der Waals surface area contributed by atoms with Gasteiger partial charge in [-0.15, -0.1) is 6.42 Å². The van der Waals surface area contributed by atoms with E-state index in [4.69, 9.17) is 6.42 Å². The van der Waals surface area contributed by atoms with Crippen LogP contribution in [0.25, 0.3) is 0 Å². The summed E-state index contributed by atoms with van der Waals surface area (Å²) in [5, 5.41) is 3.11. The number of hydrogen-bond acceptors (Lipinski definition) is 3. The molecular weight excluding hydrogens is 218 g/mol. The van der Waals surface area contributed by atoms with Crippen LogP contribution in [0, 0.1) is 12.3 Å². The molecule has 0 aromatic carbocycles. The molecule has 0 fully saturated rings. The van der Waals surface area contributed by atoms with Crippen molar-refractivity contribution < 1.29 is 0 Å². The van der Waals surface area contributed by atoms with Gasteiger partial charge in [-0.1, -0.05) is 12.8 Å². The maximum absolute atomic E-state index is 11.7. The van der Waals surface area contributed by atoms with Gasteiger partial charge in [0.15, 0.2) is 0 Å². The van der Waals surface area contributed by atoms with E-state index in [9.17, 15) is 9.59 Å². The number of terminal acetylenes is 1. The Balaban J connectivity index is 2.98. The topological polar surface area (TPSA) is 56.0 Å². The molecule has 0 saturated carbocycles. The van der Waals surface area contributed by atoms with Crippen molar-refractivity contribution in [3.63, 3.8) is 0 Å². The van der Waals surface area contributed by atoms with Gasteiger partial charge in [0.2, 0.25) is 0 Å². The zero-order chi connectivity index (χ0) is 13.0. The van der Waals surface area contributed by atoms with Crippen LogP contribution in [0.5, 0.6) is 0 Å². The molecule has 17 heavy (non-hydrogen) atoms. The SMILES string of the molecule is C#CC(CC)NCc1cc(=O)n(C)c(=O)n1C. The van der Waals surface area contributed by atoms with Crippen molar-refractivity contribution >= 4 is 0 Å². The van der Waals surface area contributed by atoms with Crippen LogP contribution in [-0.2, 0) is 20.6 Å². The second-order valence-corrected chi connectivity index (χ2v) is 3.88. The largest absolute Gasteiger partial charge is 0.330 e. The smallest absolute Gasteiger partial charge is 0.299 e. The van der Waals surface area contributed by atoms with Gasteiger partial charge in [0.25, 0.3) is 5.56 Å². The molecule has 1 atom stereocenters. The summed E-state index contributed by atoms with van der Waals surface area (Å²) in [5.41, 5.74) is -0.00601. The number of aromatic nitrogens is 2. The average Bonchev–Trinajstić information content (AvgIpc) is 2.33. The lowest BCUT2D eigenvalue weighted by molar-refractivity contribution is 0.554. The molecule has 1 rings (SSSR count). The van der Waals surface area contributed by atoms with Gasteiger partial charge < -0.3 is 0 Å². The van der Waals surface area contributed by atoms with E-state index >= 15 is 0 Å². The molecule has 92 valence electrons.